The zero-order chi connectivity index (χ0) is 26.5. The van der Waals surface area contributed by atoms with Gasteiger partial charge in [0.1, 0.15) is 17.5 Å². The summed E-state index contributed by atoms with van der Waals surface area (Å²) in [5.74, 6) is -0.00604. The maximum atomic E-state index is 13.6. The highest BCUT2D eigenvalue weighted by atomic mass is 19.1. The molecule has 4 aliphatic rings. The molecule has 3 amide bonds. The van der Waals surface area contributed by atoms with Crippen molar-refractivity contribution in [3.05, 3.63) is 35.1 Å². The lowest BCUT2D eigenvalue weighted by Gasteiger charge is -2.37. The molecule has 8 nitrogen and oxygen atoms in total. The number of carbonyl (C=O) groups is 3. The largest absolute Gasteiger partial charge is 0.444 e. The predicted octanol–water partition coefficient (Wildman–Crippen LogP) is 3.04. The first-order valence-electron chi connectivity index (χ1n) is 13.6. The van der Waals surface area contributed by atoms with E-state index in [2.05, 4.69) is 10.2 Å². The van der Waals surface area contributed by atoms with Crippen molar-refractivity contribution in [2.75, 3.05) is 26.2 Å². The van der Waals surface area contributed by atoms with Crippen molar-refractivity contribution in [2.45, 2.75) is 95.5 Å². The summed E-state index contributed by atoms with van der Waals surface area (Å²) in [6.45, 7) is 9.69. The fourth-order valence-electron chi connectivity index (χ4n) is 6.61. The molecular formula is C28H39FN4O4. The first-order valence-corrected chi connectivity index (χ1v) is 13.6. The van der Waals surface area contributed by atoms with Crippen LogP contribution in [0.4, 0.5) is 9.18 Å². The normalized spacial score (nSPS) is 28.1. The number of aryl methyl sites for hydroxylation is 1. The Morgan fingerprint density at radius 3 is 2.70 bits per heavy atom. The Kier molecular flexibility index (Phi) is 6.94. The van der Waals surface area contributed by atoms with Crippen LogP contribution in [-0.4, -0.2) is 88.6 Å². The van der Waals surface area contributed by atoms with Crippen LogP contribution >= 0.6 is 0 Å². The van der Waals surface area contributed by atoms with Gasteiger partial charge >= 0.3 is 6.09 Å². The van der Waals surface area contributed by atoms with Crippen LogP contribution in [0.2, 0.25) is 0 Å². The first-order chi connectivity index (χ1) is 17.5. The van der Waals surface area contributed by atoms with Crippen LogP contribution in [0.5, 0.6) is 0 Å². The number of carbonyl (C=O) groups excluding carboxylic acids is 3. The lowest BCUT2D eigenvalue weighted by atomic mass is 10.00. The zero-order valence-corrected chi connectivity index (χ0v) is 22.3. The fourth-order valence-corrected chi connectivity index (χ4v) is 6.61. The van der Waals surface area contributed by atoms with Crippen molar-refractivity contribution >= 4 is 17.9 Å². The molecule has 1 aliphatic carbocycles. The van der Waals surface area contributed by atoms with Gasteiger partial charge in [-0.05, 0) is 83.1 Å². The molecule has 0 unspecified atom stereocenters. The maximum Gasteiger partial charge on any atom is 0.408 e. The van der Waals surface area contributed by atoms with Gasteiger partial charge in [-0.1, -0.05) is 6.07 Å². The first kappa shape index (κ1) is 25.9. The van der Waals surface area contributed by atoms with E-state index in [0.717, 1.165) is 43.2 Å². The molecule has 0 radical (unpaired) electrons. The quantitative estimate of drug-likeness (QED) is 0.631. The number of nitrogens with one attached hydrogen (secondary N) is 1. The third kappa shape index (κ3) is 5.33. The van der Waals surface area contributed by atoms with Gasteiger partial charge in [-0.2, -0.15) is 0 Å². The monoisotopic (exact) mass is 514 g/mol. The number of hydrogen-bond donors (Lipinski definition) is 1. The third-order valence-corrected chi connectivity index (χ3v) is 8.36. The Morgan fingerprint density at radius 2 is 2.03 bits per heavy atom. The molecule has 37 heavy (non-hydrogen) atoms. The minimum Gasteiger partial charge on any atom is -0.444 e. The van der Waals surface area contributed by atoms with E-state index in [9.17, 15) is 18.8 Å². The van der Waals surface area contributed by atoms with Gasteiger partial charge in [-0.25, -0.2) is 9.18 Å². The number of rotatable bonds is 6. The highest BCUT2D eigenvalue weighted by molar-refractivity contribution is 5.88. The molecule has 202 valence electrons. The minimum atomic E-state index is -0.771. The Labute approximate surface area is 218 Å². The molecule has 5 atom stereocenters. The summed E-state index contributed by atoms with van der Waals surface area (Å²) < 4.78 is 19.1. The Morgan fingerprint density at radius 1 is 1.24 bits per heavy atom. The fraction of sp³-hybridized carbons (Fsp3) is 0.679. The SMILES string of the molecule is C[C@@H]1CCCN1C(=O)[C@H](CN1C[C@@H]2C[C@H]1C(=O)N2C[C@@H]1CCc2cc(F)ccc21)NC(=O)OC(C)(C)C. The maximum absolute atomic E-state index is 13.6. The number of amides is 3. The Hall–Kier alpha value is -2.68. The number of benzene rings is 1. The highest BCUT2D eigenvalue weighted by Gasteiger charge is 2.51. The van der Waals surface area contributed by atoms with Gasteiger partial charge in [-0.15, -0.1) is 0 Å². The summed E-state index contributed by atoms with van der Waals surface area (Å²) in [5.41, 5.74) is 1.53. The van der Waals surface area contributed by atoms with Crippen molar-refractivity contribution in [1.29, 1.82) is 0 Å². The standard InChI is InChI=1S/C28H39FN4O4/c1-17-6-5-11-32(17)25(34)23(30-27(36)37-28(2,3)4)16-31-15-21-13-24(31)26(35)33(21)14-19-8-7-18-12-20(29)9-10-22(18)19/h9-10,12,17,19,21,23-24H,5-8,11,13-16H2,1-4H3,(H,30,36)/t17-,19+,21+,23+,24+/m1/s1. The molecule has 0 saturated carbocycles. The van der Waals surface area contributed by atoms with Gasteiger partial charge in [-0.3, -0.25) is 14.5 Å². The zero-order valence-electron chi connectivity index (χ0n) is 22.3. The molecule has 0 spiro atoms. The van der Waals surface area contributed by atoms with E-state index in [1.54, 1.807) is 26.8 Å². The molecule has 3 fully saturated rings. The van der Waals surface area contributed by atoms with Crippen molar-refractivity contribution in [3.8, 4) is 0 Å². The summed E-state index contributed by atoms with van der Waals surface area (Å²) in [7, 11) is 0. The van der Waals surface area contributed by atoms with Crippen LogP contribution in [-0.2, 0) is 20.7 Å². The summed E-state index contributed by atoms with van der Waals surface area (Å²) >= 11 is 0. The summed E-state index contributed by atoms with van der Waals surface area (Å²) in [6, 6.07) is 4.15. The summed E-state index contributed by atoms with van der Waals surface area (Å²) in [5, 5.41) is 2.81. The van der Waals surface area contributed by atoms with Gasteiger partial charge < -0.3 is 19.9 Å². The van der Waals surface area contributed by atoms with E-state index in [1.165, 1.54) is 6.07 Å². The summed E-state index contributed by atoms with van der Waals surface area (Å²) in [6.07, 6.45) is 3.78. The molecule has 1 aromatic carbocycles. The minimum absolute atomic E-state index is 0.0878. The Bertz CT molecular complexity index is 1070. The molecule has 5 rings (SSSR count). The van der Waals surface area contributed by atoms with E-state index >= 15 is 0 Å². The molecule has 3 heterocycles. The topological polar surface area (TPSA) is 82.2 Å². The van der Waals surface area contributed by atoms with E-state index in [1.807, 2.05) is 22.8 Å². The predicted molar refractivity (Wildman–Crippen MR) is 137 cm³/mol. The smallest absolute Gasteiger partial charge is 0.408 e. The van der Waals surface area contributed by atoms with Crippen molar-refractivity contribution in [2.24, 2.45) is 0 Å². The van der Waals surface area contributed by atoms with E-state index < -0.39 is 17.7 Å². The molecule has 9 heteroatoms. The van der Waals surface area contributed by atoms with E-state index in [0.29, 0.717) is 19.6 Å². The van der Waals surface area contributed by atoms with Crippen molar-refractivity contribution in [1.82, 2.24) is 20.0 Å². The van der Waals surface area contributed by atoms with Gasteiger partial charge in [0, 0.05) is 44.2 Å². The van der Waals surface area contributed by atoms with Crippen LogP contribution in [0.15, 0.2) is 18.2 Å². The van der Waals surface area contributed by atoms with E-state index in [4.69, 9.17) is 4.74 Å². The molecule has 3 aliphatic heterocycles. The third-order valence-electron chi connectivity index (χ3n) is 8.36. The number of nitrogens with zero attached hydrogens (tertiary/aromatic N) is 3. The lowest BCUT2D eigenvalue weighted by Crippen LogP contribution is -2.59. The number of likely N-dealkylation sites (tertiary alicyclic amines) is 3. The van der Waals surface area contributed by atoms with Gasteiger partial charge in [0.2, 0.25) is 11.8 Å². The van der Waals surface area contributed by atoms with Crippen LogP contribution in [0.1, 0.15) is 70.4 Å². The van der Waals surface area contributed by atoms with Crippen LogP contribution in [0.25, 0.3) is 0 Å². The number of ether oxygens (including phenoxy) is 1. The number of piperazine rings is 1. The summed E-state index contributed by atoms with van der Waals surface area (Å²) in [4.78, 5) is 45.4. The molecule has 3 saturated heterocycles. The van der Waals surface area contributed by atoms with Gasteiger partial charge in [0.05, 0.1) is 6.04 Å². The highest BCUT2D eigenvalue weighted by Crippen LogP contribution is 2.38. The average molecular weight is 515 g/mol. The van der Waals surface area contributed by atoms with Gasteiger partial charge in [0.15, 0.2) is 0 Å². The molecule has 2 bridgehead atoms. The molecule has 1 aromatic rings. The second-order valence-electron chi connectivity index (χ2n) is 12.2. The van der Waals surface area contributed by atoms with E-state index in [-0.39, 0.29) is 48.2 Å². The number of alkyl carbamates (subject to hydrolysis) is 1. The number of hydrogen-bond acceptors (Lipinski definition) is 5. The second kappa shape index (κ2) is 9.89. The van der Waals surface area contributed by atoms with Crippen LogP contribution in [0.3, 0.4) is 0 Å². The average Bonchev–Trinajstić information content (AvgIpc) is 3.57. The molecular weight excluding hydrogens is 475 g/mol. The van der Waals surface area contributed by atoms with Crippen molar-refractivity contribution in [3.63, 3.8) is 0 Å². The number of fused-ring (bicyclic) bond motifs is 3. The Balaban J connectivity index is 1.25. The molecule has 1 N–H and O–H groups in total. The molecule has 0 aromatic heterocycles. The van der Waals surface area contributed by atoms with Crippen molar-refractivity contribution < 1.29 is 23.5 Å². The number of halogens is 1. The second-order valence-corrected chi connectivity index (χ2v) is 12.2. The lowest BCUT2D eigenvalue weighted by molar-refractivity contribution is -0.139. The van der Waals surface area contributed by atoms with Crippen LogP contribution < -0.4 is 5.32 Å². The van der Waals surface area contributed by atoms with Crippen LogP contribution in [0, 0.1) is 5.82 Å². The van der Waals surface area contributed by atoms with Gasteiger partial charge in [0.25, 0.3) is 0 Å².